The Bertz CT molecular complexity index is 828. The van der Waals surface area contributed by atoms with Crippen LogP contribution in [0.1, 0.15) is 36.0 Å². The molecule has 0 heterocycles. The summed E-state index contributed by atoms with van der Waals surface area (Å²) in [5.74, 6) is -5.66. The molecule has 0 bridgehead atoms. The van der Waals surface area contributed by atoms with Gasteiger partial charge >= 0.3 is 0 Å². The highest BCUT2D eigenvalue weighted by Gasteiger charge is 2.56. The van der Waals surface area contributed by atoms with Crippen molar-refractivity contribution in [2.45, 2.75) is 43.8 Å². The van der Waals surface area contributed by atoms with E-state index in [0.717, 1.165) is 11.3 Å². The molecular weight excluding hydrogens is 402 g/mol. The minimum Gasteiger partial charge on any atom is -0.494 e. The average molecular weight is 427 g/mol. The van der Waals surface area contributed by atoms with Crippen LogP contribution in [0.4, 0.5) is 8.78 Å². The van der Waals surface area contributed by atoms with Gasteiger partial charge < -0.3 is 20.1 Å². The third-order valence-corrected chi connectivity index (χ3v) is 5.91. The molecule has 1 aliphatic rings. The van der Waals surface area contributed by atoms with Crippen molar-refractivity contribution in [3.05, 3.63) is 64.2 Å². The molecule has 0 spiro atoms. The number of aliphatic hydroxyl groups is 3. The first-order chi connectivity index (χ1) is 13.8. The predicted molar refractivity (Wildman–Crippen MR) is 107 cm³/mol. The fraction of sp³-hybridized carbons (Fsp3) is 0.455. The molecule has 1 fully saturated rings. The maximum atomic E-state index is 14.9. The molecule has 0 aliphatic heterocycles. The minimum absolute atomic E-state index is 0.297. The summed E-state index contributed by atoms with van der Waals surface area (Å²) in [5.41, 5.74) is 1.96. The Balaban J connectivity index is 1.88. The van der Waals surface area contributed by atoms with Crippen LogP contribution < -0.4 is 4.74 Å². The lowest BCUT2D eigenvalue weighted by Crippen LogP contribution is -2.54. The van der Waals surface area contributed by atoms with Crippen molar-refractivity contribution in [1.29, 1.82) is 0 Å². The quantitative estimate of drug-likeness (QED) is 0.657. The van der Waals surface area contributed by atoms with Crippen LogP contribution in [0, 0.1) is 5.92 Å². The molecule has 2 aromatic rings. The molecule has 0 aromatic heterocycles. The van der Waals surface area contributed by atoms with Crippen LogP contribution in [0.25, 0.3) is 0 Å². The molecular formula is C22H25ClF2O4. The van der Waals surface area contributed by atoms with Gasteiger partial charge in [0.15, 0.2) is 0 Å². The predicted octanol–water partition coefficient (Wildman–Crippen LogP) is 3.78. The zero-order valence-electron chi connectivity index (χ0n) is 16.1. The van der Waals surface area contributed by atoms with Crippen molar-refractivity contribution < 1.29 is 28.8 Å². The Morgan fingerprint density at radius 1 is 1.14 bits per heavy atom. The first kappa shape index (κ1) is 22.0. The van der Waals surface area contributed by atoms with E-state index in [2.05, 4.69) is 0 Å². The molecule has 0 amide bonds. The standard InChI is InChI=1S/C22H25ClF2O4/c1-2-29-16-6-3-13(4-7-16)9-15-10-14(5-8-19(15)23)17-11-20(27)21(28)18(12-26)22(17,24)25/h3-8,10,17-18,20-21,26-28H,2,9,11-12H2,1H3/t17?,18?,20?,21-/m1/s1. The second-order valence-electron chi connectivity index (χ2n) is 7.41. The molecule has 4 atom stereocenters. The Kier molecular flexibility index (Phi) is 6.79. The molecule has 1 saturated carbocycles. The SMILES string of the molecule is CCOc1ccc(Cc2cc(C3CC(O)[C@H](O)C(CO)C3(F)F)ccc2Cl)cc1. The summed E-state index contributed by atoms with van der Waals surface area (Å²) in [6, 6.07) is 12.2. The van der Waals surface area contributed by atoms with E-state index in [-0.39, 0.29) is 6.42 Å². The van der Waals surface area contributed by atoms with Gasteiger partial charge in [-0.2, -0.15) is 0 Å². The van der Waals surface area contributed by atoms with Gasteiger partial charge in [0.2, 0.25) is 0 Å². The maximum Gasteiger partial charge on any atom is 0.262 e. The van der Waals surface area contributed by atoms with Crippen molar-refractivity contribution in [3.63, 3.8) is 0 Å². The Hall–Kier alpha value is -1.73. The highest BCUT2D eigenvalue weighted by molar-refractivity contribution is 6.31. The van der Waals surface area contributed by atoms with Gasteiger partial charge in [-0.25, -0.2) is 8.78 Å². The molecule has 3 rings (SSSR count). The van der Waals surface area contributed by atoms with E-state index in [9.17, 15) is 24.1 Å². The van der Waals surface area contributed by atoms with Crippen LogP contribution in [-0.4, -0.2) is 46.7 Å². The van der Waals surface area contributed by atoms with Crippen molar-refractivity contribution in [3.8, 4) is 5.75 Å². The van der Waals surface area contributed by atoms with Gasteiger partial charge in [-0.1, -0.05) is 35.9 Å². The number of ether oxygens (including phenoxy) is 1. The molecule has 1 aliphatic carbocycles. The molecule has 3 N–H and O–H groups in total. The van der Waals surface area contributed by atoms with E-state index < -0.39 is 36.6 Å². The van der Waals surface area contributed by atoms with E-state index in [4.69, 9.17) is 16.3 Å². The van der Waals surface area contributed by atoms with E-state index in [1.807, 2.05) is 31.2 Å². The van der Waals surface area contributed by atoms with Gasteiger partial charge in [0.05, 0.1) is 37.3 Å². The molecule has 2 aromatic carbocycles. The van der Waals surface area contributed by atoms with Crippen molar-refractivity contribution in [2.75, 3.05) is 13.2 Å². The van der Waals surface area contributed by atoms with Gasteiger partial charge in [-0.05, 0) is 54.7 Å². The summed E-state index contributed by atoms with van der Waals surface area (Å²) < 4.78 is 35.3. The summed E-state index contributed by atoms with van der Waals surface area (Å²) in [6.45, 7) is 1.56. The number of aliphatic hydroxyl groups excluding tert-OH is 3. The van der Waals surface area contributed by atoms with Gasteiger partial charge in [-0.3, -0.25) is 0 Å². The molecule has 29 heavy (non-hydrogen) atoms. The van der Waals surface area contributed by atoms with Crippen molar-refractivity contribution in [2.24, 2.45) is 5.92 Å². The third-order valence-electron chi connectivity index (χ3n) is 5.54. The highest BCUT2D eigenvalue weighted by atomic mass is 35.5. The fourth-order valence-electron chi connectivity index (χ4n) is 3.92. The van der Waals surface area contributed by atoms with Crippen LogP contribution >= 0.6 is 11.6 Å². The van der Waals surface area contributed by atoms with E-state index in [0.29, 0.717) is 29.2 Å². The van der Waals surface area contributed by atoms with Gasteiger partial charge in [-0.15, -0.1) is 0 Å². The zero-order chi connectivity index (χ0) is 21.2. The Morgan fingerprint density at radius 3 is 2.45 bits per heavy atom. The smallest absolute Gasteiger partial charge is 0.262 e. The summed E-state index contributed by atoms with van der Waals surface area (Å²) in [7, 11) is 0. The number of halogens is 3. The average Bonchev–Trinajstić information content (AvgIpc) is 2.68. The molecule has 0 radical (unpaired) electrons. The lowest BCUT2D eigenvalue weighted by atomic mass is 9.71. The second kappa shape index (κ2) is 8.96. The first-order valence-electron chi connectivity index (χ1n) is 9.62. The van der Waals surface area contributed by atoms with E-state index in [1.54, 1.807) is 12.1 Å². The second-order valence-corrected chi connectivity index (χ2v) is 7.82. The highest BCUT2D eigenvalue weighted by Crippen LogP contribution is 2.48. The fourth-order valence-corrected chi connectivity index (χ4v) is 4.10. The van der Waals surface area contributed by atoms with E-state index in [1.165, 1.54) is 6.07 Å². The van der Waals surface area contributed by atoms with Crippen LogP contribution in [-0.2, 0) is 6.42 Å². The van der Waals surface area contributed by atoms with Crippen LogP contribution in [0.15, 0.2) is 42.5 Å². The molecule has 0 saturated heterocycles. The normalized spacial score (nSPS) is 26.3. The molecule has 4 nitrogen and oxygen atoms in total. The van der Waals surface area contributed by atoms with Crippen LogP contribution in [0.3, 0.4) is 0 Å². The first-order valence-corrected chi connectivity index (χ1v) is 10.0. The summed E-state index contributed by atoms with van der Waals surface area (Å²) >= 11 is 6.30. The summed E-state index contributed by atoms with van der Waals surface area (Å²) in [6.07, 6.45) is -2.84. The minimum atomic E-state index is -3.36. The number of hydrogen-bond donors (Lipinski definition) is 3. The van der Waals surface area contributed by atoms with Gasteiger partial charge in [0.1, 0.15) is 5.75 Å². The number of alkyl halides is 2. The lowest BCUT2D eigenvalue weighted by molar-refractivity contribution is -0.194. The van der Waals surface area contributed by atoms with Crippen molar-refractivity contribution >= 4 is 11.6 Å². The lowest BCUT2D eigenvalue weighted by Gasteiger charge is -2.43. The monoisotopic (exact) mass is 426 g/mol. The molecule has 3 unspecified atom stereocenters. The summed E-state index contributed by atoms with van der Waals surface area (Å²) in [5, 5.41) is 29.7. The largest absolute Gasteiger partial charge is 0.494 e. The Morgan fingerprint density at radius 2 is 1.83 bits per heavy atom. The Labute approximate surface area is 173 Å². The van der Waals surface area contributed by atoms with E-state index >= 15 is 0 Å². The van der Waals surface area contributed by atoms with Crippen LogP contribution in [0.2, 0.25) is 5.02 Å². The third kappa shape index (κ3) is 4.56. The van der Waals surface area contributed by atoms with Gasteiger partial charge in [0.25, 0.3) is 5.92 Å². The molecule has 158 valence electrons. The number of benzene rings is 2. The van der Waals surface area contributed by atoms with Gasteiger partial charge in [0, 0.05) is 5.02 Å². The number of hydrogen-bond acceptors (Lipinski definition) is 4. The van der Waals surface area contributed by atoms with Crippen LogP contribution in [0.5, 0.6) is 5.75 Å². The zero-order valence-corrected chi connectivity index (χ0v) is 16.8. The molecule has 7 heteroatoms. The summed E-state index contributed by atoms with van der Waals surface area (Å²) in [4.78, 5) is 0. The topological polar surface area (TPSA) is 69.9 Å². The maximum absolute atomic E-state index is 14.9. The van der Waals surface area contributed by atoms with Crippen molar-refractivity contribution in [1.82, 2.24) is 0 Å². The number of rotatable bonds is 6.